The minimum absolute atomic E-state index is 0.176. The molecule has 1 aliphatic heterocycles. The number of fused-ring (bicyclic) bond motifs is 3. The molecular formula is C32H30FN5O2S. The number of benzene rings is 2. The Bertz CT molecular complexity index is 1640. The summed E-state index contributed by atoms with van der Waals surface area (Å²) in [6.07, 6.45) is 1.37. The first kappa shape index (κ1) is 28.0. The second-order valence-electron chi connectivity index (χ2n) is 9.95. The van der Waals surface area contributed by atoms with Crippen LogP contribution in [0.4, 0.5) is 21.6 Å². The van der Waals surface area contributed by atoms with Crippen LogP contribution >= 0.6 is 11.3 Å². The van der Waals surface area contributed by atoms with E-state index in [9.17, 15) is 19.2 Å². The molecule has 0 fully saturated rings. The van der Waals surface area contributed by atoms with Gasteiger partial charge in [-0.25, -0.2) is 9.37 Å². The van der Waals surface area contributed by atoms with E-state index in [1.165, 1.54) is 17.4 Å². The highest BCUT2D eigenvalue weighted by atomic mass is 32.1. The molecule has 0 spiro atoms. The number of pyridine rings is 1. The van der Waals surface area contributed by atoms with Gasteiger partial charge < -0.3 is 15.1 Å². The maximum Gasteiger partial charge on any atom is 0.276 e. The van der Waals surface area contributed by atoms with Crippen LogP contribution in [0.3, 0.4) is 0 Å². The SMILES string of the molecule is CCCN(c1cccc(C(=O)N2CCc3cc(C(=O)Nc4c(C)cccc4F)sc3-c3ccccc32)n1)[C@H](C)C#N. The van der Waals surface area contributed by atoms with Crippen LogP contribution in [0.25, 0.3) is 10.4 Å². The first-order valence-electron chi connectivity index (χ1n) is 13.6. The molecule has 7 nitrogen and oxygen atoms in total. The number of nitriles is 1. The van der Waals surface area contributed by atoms with Gasteiger partial charge in [-0.05, 0) is 68.1 Å². The number of hydrogen-bond acceptors (Lipinski definition) is 6. The van der Waals surface area contributed by atoms with E-state index >= 15 is 0 Å². The van der Waals surface area contributed by atoms with Crippen molar-refractivity contribution in [2.45, 2.75) is 39.7 Å². The lowest BCUT2D eigenvalue weighted by atomic mass is 10.1. The van der Waals surface area contributed by atoms with E-state index in [0.717, 1.165) is 28.1 Å². The molecule has 5 rings (SSSR count). The Morgan fingerprint density at radius 2 is 1.95 bits per heavy atom. The molecule has 4 aromatic rings. The number of anilines is 3. The number of aromatic nitrogens is 1. The van der Waals surface area contributed by atoms with Crippen LogP contribution in [-0.2, 0) is 6.42 Å². The predicted molar refractivity (Wildman–Crippen MR) is 161 cm³/mol. The number of nitrogens with zero attached hydrogens (tertiary/aromatic N) is 4. The molecule has 0 saturated carbocycles. The van der Waals surface area contributed by atoms with Gasteiger partial charge in [0.15, 0.2) is 0 Å². The first-order valence-corrected chi connectivity index (χ1v) is 14.4. The fraction of sp³-hybridized carbons (Fsp3) is 0.250. The topological polar surface area (TPSA) is 89.3 Å². The highest BCUT2D eigenvalue weighted by Gasteiger charge is 2.29. The Morgan fingerprint density at radius 1 is 1.17 bits per heavy atom. The monoisotopic (exact) mass is 567 g/mol. The molecule has 1 aliphatic rings. The van der Waals surface area contributed by atoms with Crippen molar-refractivity contribution >= 4 is 40.3 Å². The van der Waals surface area contributed by atoms with Crippen LogP contribution in [0.5, 0.6) is 0 Å². The highest BCUT2D eigenvalue weighted by molar-refractivity contribution is 7.17. The van der Waals surface area contributed by atoms with E-state index in [-0.39, 0.29) is 23.5 Å². The van der Waals surface area contributed by atoms with Crippen molar-refractivity contribution in [1.82, 2.24) is 4.98 Å². The van der Waals surface area contributed by atoms with Crippen LogP contribution in [0, 0.1) is 24.1 Å². The van der Waals surface area contributed by atoms with Crippen molar-refractivity contribution in [3.05, 3.63) is 94.2 Å². The number of aryl methyl sites for hydroxylation is 1. The zero-order valence-corrected chi connectivity index (χ0v) is 24.0. The van der Waals surface area contributed by atoms with Gasteiger partial charge in [0.1, 0.15) is 23.4 Å². The quantitative estimate of drug-likeness (QED) is 0.264. The van der Waals surface area contributed by atoms with Gasteiger partial charge in [-0.15, -0.1) is 11.3 Å². The molecule has 0 bridgehead atoms. The standard InChI is InChI=1S/C32H30FN5O2S/c1-4-16-37(21(3)19-34)28-14-8-12-25(35-28)32(40)38-17-15-22-18-27(41-30(22)23-10-5-6-13-26(23)38)31(39)36-29-20(2)9-7-11-24(29)33/h5-14,18,21H,4,15-17H2,1-3H3,(H,36,39)/t21-/m1/s1. The number of hydrogen-bond donors (Lipinski definition) is 1. The lowest BCUT2D eigenvalue weighted by molar-refractivity contribution is 0.0981. The molecule has 0 radical (unpaired) electrons. The highest BCUT2D eigenvalue weighted by Crippen LogP contribution is 2.42. The number of rotatable bonds is 7. The summed E-state index contributed by atoms with van der Waals surface area (Å²) >= 11 is 1.33. The molecule has 9 heteroatoms. The van der Waals surface area contributed by atoms with Gasteiger partial charge in [0.25, 0.3) is 11.8 Å². The van der Waals surface area contributed by atoms with Crippen molar-refractivity contribution in [1.29, 1.82) is 5.26 Å². The molecule has 0 aliphatic carbocycles. The van der Waals surface area contributed by atoms with E-state index in [4.69, 9.17) is 0 Å². The summed E-state index contributed by atoms with van der Waals surface area (Å²) in [5.41, 5.74) is 3.66. The van der Waals surface area contributed by atoms with Crippen molar-refractivity contribution < 1.29 is 14.0 Å². The first-order chi connectivity index (χ1) is 19.8. The summed E-state index contributed by atoms with van der Waals surface area (Å²) in [7, 11) is 0. The van der Waals surface area contributed by atoms with Crippen LogP contribution in [0.1, 0.15) is 51.6 Å². The van der Waals surface area contributed by atoms with Crippen LogP contribution in [0.15, 0.2) is 66.7 Å². The van der Waals surface area contributed by atoms with Crippen LogP contribution in [-0.4, -0.2) is 35.9 Å². The van der Waals surface area contributed by atoms with Gasteiger partial charge in [0, 0.05) is 23.5 Å². The van der Waals surface area contributed by atoms with Gasteiger partial charge in [-0.1, -0.05) is 43.3 Å². The Kier molecular flexibility index (Phi) is 8.13. The Balaban J connectivity index is 1.45. The number of carbonyl (C=O) groups excluding carboxylic acids is 2. The number of carbonyl (C=O) groups is 2. The molecule has 2 amide bonds. The molecule has 2 aromatic carbocycles. The smallest absolute Gasteiger partial charge is 0.276 e. The van der Waals surface area contributed by atoms with Gasteiger partial charge in [-0.2, -0.15) is 5.26 Å². The molecule has 2 aromatic heterocycles. The maximum atomic E-state index is 14.4. The van der Waals surface area contributed by atoms with Crippen molar-refractivity contribution in [3.8, 4) is 16.5 Å². The summed E-state index contributed by atoms with van der Waals surface area (Å²) in [6, 6.07) is 21.4. The second-order valence-corrected chi connectivity index (χ2v) is 11.0. The van der Waals surface area contributed by atoms with Crippen molar-refractivity contribution in [3.63, 3.8) is 0 Å². The third-order valence-electron chi connectivity index (χ3n) is 7.15. The molecular weight excluding hydrogens is 537 g/mol. The summed E-state index contributed by atoms with van der Waals surface area (Å²) in [6.45, 7) is 6.65. The molecule has 3 heterocycles. The predicted octanol–water partition coefficient (Wildman–Crippen LogP) is 6.84. The Hall–Kier alpha value is -4.55. The fourth-order valence-corrected chi connectivity index (χ4v) is 6.18. The minimum Gasteiger partial charge on any atom is -0.341 e. The number of thiophene rings is 1. The summed E-state index contributed by atoms with van der Waals surface area (Å²) in [5.74, 6) is -0.488. The normalized spacial score (nSPS) is 12.9. The minimum atomic E-state index is -0.478. The third kappa shape index (κ3) is 5.56. The molecule has 1 atom stereocenters. The summed E-state index contributed by atoms with van der Waals surface area (Å²) in [4.78, 5) is 36.7. The van der Waals surface area contributed by atoms with Gasteiger partial charge in [0.05, 0.1) is 22.3 Å². The zero-order chi connectivity index (χ0) is 29.1. The number of amides is 2. The van der Waals surface area contributed by atoms with Gasteiger partial charge >= 0.3 is 0 Å². The van der Waals surface area contributed by atoms with Gasteiger partial charge in [0.2, 0.25) is 0 Å². The fourth-order valence-electron chi connectivity index (χ4n) is 5.04. The second kappa shape index (κ2) is 11.9. The van der Waals surface area contributed by atoms with Crippen LogP contribution < -0.4 is 15.1 Å². The molecule has 1 N–H and O–H groups in total. The van der Waals surface area contributed by atoms with E-state index in [2.05, 4.69) is 16.4 Å². The van der Waals surface area contributed by atoms with E-state index in [1.807, 2.05) is 55.1 Å². The Labute approximate surface area is 242 Å². The van der Waals surface area contributed by atoms with E-state index in [1.54, 1.807) is 36.1 Å². The van der Waals surface area contributed by atoms with E-state index in [0.29, 0.717) is 41.5 Å². The van der Waals surface area contributed by atoms with Crippen molar-refractivity contribution in [2.75, 3.05) is 28.2 Å². The van der Waals surface area contributed by atoms with E-state index < -0.39 is 5.82 Å². The average molecular weight is 568 g/mol. The molecule has 0 unspecified atom stereocenters. The average Bonchev–Trinajstić information content (AvgIpc) is 3.35. The van der Waals surface area contributed by atoms with Crippen molar-refractivity contribution in [2.24, 2.45) is 0 Å². The lowest BCUT2D eigenvalue weighted by Crippen LogP contribution is -2.35. The lowest BCUT2D eigenvalue weighted by Gasteiger charge is -2.27. The molecule has 0 saturated heterocycles. The number of para-hydroxylation sites is 2. The van der Waals surface area contributed by atoms with Crippen LogP contribution in [0.2, 0.25) is 0 Å². The largest absolute Gasteiger partial charge is 0.341 e. The summed E-state index contributed by atoms with van der Waals surface area (Å²) < 4.78 is 14.4. The third-order valence-corrected chi connectivity index (χ3v) is 8.36. The Morgan fingerprint density at radius 3 is 2.71 bits per heavy atom. The molecule has 208 valence electrons. The molecule has 41 heavy (non-hydrogen) atoms. The number of halogens is 1. The zero-order valence-electron chi connectivity index (χ0n) is 23.1. The summed E-state index contributed by atoms with van der Waals surface area (Å²) in [5, 5.41) is 12.2. The number of nitrogens with one attached hydrogen (secondary N) is 1. The van der Waals surface area contributed by atoms with Gasteiger partial charge in [-0.3, -0.25) is 9.59 Å². The maximum absolute atomic E-state index is 14.4.